The Morgan fingerprint density at radius 2 is 1.69 bits per heavy atom. The largest absolute Gasteiger partial charge is 0.295 e. The zero-order chi connectivity index (χ0) is 26.3. The summed E-state index contributed by atoms with van der Waals surface area (Å²) in [6.45, 7) is 3.79. The fraction of sp³-hybridized carbons (Fsp3) is 0.190. The number of anilines is 1. The predicted molar refractivity (Wildman–Crippen MR) is 134 cm³/mol. The van der Waals surface area contributed by atoms with Crippen molar-refractivity contribution in [1.82, 2.24) is 14.3 Å². The zero-order valence-corrected chi connectivity index (χ0v) is 20.8. The Morgan fingerprint density at radius 1 is 1.03 bits per heavy atom. The fourth-order valence-electron chi connectivity index (χ4n) is 3.09. The highest BCUT2D eigenvalue weighted by molar-refractivity contribution is 7.99. The standard InChI is InChI=1S/C21H21N7O6S2/c1-3-26(4-2)36(33,34)16-7-8-17(18(13-16)27(29)30)25-24-14-15-6-9-20(19(12-15)28(31)32)35-21-22-10-5-11-23-21/h5-14,25H,3-4H2,1-2H3/b24-14+. The minimum Gasteiger partial charge on any atom is -0.272 e. The van der Waals surface area contributed by atoms with Gasteiger partial charge in [-0.05, 0) is 36.0 Å². The monoisotopic (exact) mass is 531 g/mol. The van der Waals surface area contributed by atoms with E-state index < -0.39 is 25.6 Å². The first-order valence-electron chi connectivity index (χ1n) is 10.5. The number of nitro groups is 2. The van der Waals surface area contributed by atoms with E-state index in [2.05, 4.69) is 20.5 Å². The third-order valence-corrected chi connectivity index (χ3v) is 7.84. The summed E-state index contributed by atoms with van der Waals surface area (Å²) in [5.41, 5.74) is 2.15. The van der Waals surface area contributed by atoms with Crippen molar-refractivity contribution in [2.45, 2.75) is 28.8 Å². The van der Waals surface area contributed by atoms with Gasteiger partial charge in [-0.25, -0.2) is 18.4 Å². The van der Waals surface area contributed by atoms with Gasteiger partial charge in [-0.1, -0.05) is 19.9 Å². The lowest BCUT2D eigenvalue weighted by Crippen LogP contribution is -2.30. The van der Waals surface area contributed by atoms with Gasteiger partial charge >= 0.3 is 0 Å². The van der Waals surface area contributed by atoms with Crippen LogP contribution in [0.2, 0.25) is 0 Å². The smallest absolute Gasteiger partial charge is 0.272 e. The second-order valence-electron chi connectivity index (χ2n) is 7.01. The summed E-state index contributed by atoms with van der Waals surface area (Å²) >= 11 is 1.03. The second-order valence-corrected chi connectivity index (χ2v) is 9.96. The van der Waals surface area contributed by atoms with Gasteiger partial charge in [-0.15, -0.1) is 0 Å². The van der Waals surface area contributed by atoms with Crippen LogP contribution in [0.5, 0.6) is 0 Å². The van der Waals surface area contributed by atoms with Crippen molar-refractivity contribution in [3.63, 3.8) is 0 Å². The molecular weight excluding hydrogens is 510 g/mol. The van der Waals surface area contributed by atoms with E-state index in [1.165, 1.54) is 47.2 Å². The van der Waals surface area contributed by atoms with Gasteiger partial charge in [0, 0.05) is 43.2 Å². The van der Waals surface area contributed by atoms with Crippen LogP contribution < -0.4 is 5.43 Å². The van der Waals surface area contributed by atoms with E-state index in [9.17, 15) is 28.6 Å². The first-order chi connectivity index (χ1) is 17.2. The van der Waals surface area contributed by atoms with Gasteiger partial charge in [-0.2, -0.15) is 9.41 Å². The molecule has 0 aliphatic heterocycles. The first-order valence-corrected chi connectivity index (χ1v) is 12.7. The van der Waals surface area contributed by atoms with Crippen molar-refractivity contribution >= 4 is 45.1 Å². The molecule has 0 unspecified atom stereocenters. The topological polar surface area (TPSA) is 174 Å². The minimum atomic E-state index is -3.89. The summed E-state index contributed by atoms with van der Waals surface area (Å²) in [6.07, 6.45) is 4.31. The lowest BCUT2D eigenvalue weighted by atomic mass is 10.2. The Kier molecular flexibility index (Phi) is 8.63. The van der Waals surface area contributed by atoms with E-state index in [0.29, 0.717) is 15.6 Å². The normalized spacial score (nSPS) is 11.6. The number of hydrazone groups is 1. The number of nitrogens with zero attached hydrogens (tertiary/aromatic N) is 6. The van der Waals surface area contributed by atoms with E-state index in [1.54, 1.807) is 26.0 Å². The summed E-state index contributed by atoms with van der Waals surface area (Å²) in [4.78, 5) is 30.1. The average molecular weight is 532 g/mol. The lowest BCUT2D eigenvalue weighted by Gasteiger charge is -2.18. The molecule has 3 aromatic rings. The summed E-state index contributed by atoms with van der Waals surface area (Å²) in [5.74, 6) is 0. The summed E-state index contributed by atoms with van der Waals surface area (Å²) in [6, 6.07) is 9.49. The molecule has 13 nitrogen and oxygen atoms in total. The Bertz CT molecular complexity index is 1400. The molecule has 0 saturated heterocycles. The summed E-state index contributed by atoms with van der Waals surface area (Å²) < 4.78 is 26.6. The van der Waals surface area contributed by atoms with Crippen LogP contribution >= 0.6 is 11.8 Å². The molecule has 0 radical (unpaired) electrons. The molecule has 188 valence electrons. The van der Waals surface area contributed by atoms with Crippen LogP contribution in [-0.2, 0) is 10.0 Å². The van der Waals surface area contributed by atoms with E-state index in [4.69, 9.17) is 0 Å². The highest BCUT2D eigenvalue weighted by Crippen LogP contribution is 2.33. The molecule has 0 amide bonds. The van der Waals surface area contributed by atoms with Crippen molar-refractivity contribution in [3.05, 3.63) is 80.7 Å². The molecule has 2 aromatic carbocycles. The van der Waals surface area contributed by atoms with Crippen molar-refractivity contribution in [3.8, 4) is 0 Å². The van der Waals surface area contributed by atoms with Gasteiger partial charge < -0.3 is 0 Å². The summed E-state index contributed by atoms with van der Waals surface area (Å²) in [5, 5.41) is 27.4. The molecule has 0 aliphatic carbocycles. The fourth-order valence-corrected chi connectivity index (χ4v) is 5.36. The number of hydrogen-bond acceptors (Lipinski definition) is 11. The zero-order valence-electron chi connectivity index (χ0n) is 19.1. The molecule has 0 saturated carbocycles. The van der Waals surface area contributed by atoms with Crippen molar-refractivity contribution < 1.29 is 18.3 Å². The van der Waals surface area contributed by atoms with Crippen LogP contribution in [0.4, 0.5) is 17.1 Å². The maximum atomic E-state index is 12.7. The third-order valence-electron chi connectivity index (χ3n) is 4.83. The van der Waals surface area contributed by atoms with Gasteiger partial charge in [0.25, 0.3) is 11.4 Å². The quantitative estimate of drug-likeness (QED) is 0.165. The Morgan fingerprint density at radius 3 is 2.31 bits per heavy atom. The van der Waals surface area contributed by atoms with Crippen molar-refractivity contribution in [1.29, 1.82) is 0 Å². The van der Waals surface area contributed by atoms with Gasteiger partial charge in [-0.3, -0.25) is 25.7 Å². The van der Waals surface area contributed by atoms with Crippen LogP contribution in [0.1, 0.15) is 19.4 Å². The van der Waals surface area contributed by atoms with Crippen molar-refractivity contribution in [2.75, 3.05) is 18.5 Å². The molecular formula is C21H21N7O6S2. The molecule has 15 heteroatoms. The molecule has 0 atom stereocenters. The van der Waals surface area contributed by atoms with E-state index in [1.807, 2.05) is 0 Å². The molecule has 1 heterocycles. The molecule has 0 aliphatic rings. The summed E-state index contributed by atoms with van der Waals surface area (Å²) in [7, 11) is -3.89. The average Bonchev–Trinajstić information content (AvgIpc) is 2.86. The van der Waals surface area contributed by atoms with E-state index in [0.717, 1.165) is 17.8 Å². The molecule has 3 rings (SSSR count). The van der Waals surface area contributed by atoms with Crippen LogP contribution in [0.3, 0.4) is 0 Å². The molecule has 0 spiro atoms. The lowest BCUT2D eigenvalue weighted by molar-refractivity contribution is -0.387. The Hall–Kier alpha value is -3.95. The number of hydrogen-bond donors (Lipinski definition) is 1. The maximum absolute atomic E-state index is 12.7. The molecule has 0 fully saturated rings. The van der Waals surface area contributed by atoms with Gasteiger partial charge in [0.2, 0.25) is 10.0 Å². The highest BCUT2D eigenvalue weighted by atomic mass is 32.2. The number of nitrogens with one attached hydrogen (secondary N) is 1. The predicted octanol–water partition coefficient (Wildman–Crippen LogP) is 3.92. The van der Waals surface area contributed by atoms with Gasteiger partial charge in [0.1, 0.15) is 5.69 Å². The Labute approximate surface area is 210 Å². The highest BCUT2D eigenvalue weighted by Gasteiger charge is 2.25. The Balaban J connectivity index is 1.84. The molecule has 36 heavy (non-hydrogen) atoms. The number of aromatic nitrogens is 2. The van der Waals surface area contributed by atoms with Crippen LogP contribution in [-0.4, -0.2) is 51.8 Å². The second kappa shape index (κ2) is 11.7. The van der Waals surface area contributed by atoms with Crippen LogP contribution in [0.25, 0.3) is 0 Å². The number of sulfonamides is 1. The number of rotatable bonds is 11. The maximum Gasteiger partial charge on any atom is 0.295 e. The van der Waals surface area contributed by atoms with Gasteiger partial charge in [0.15, 0.2) is 5.16 Å². The molecule has 1 aromatic heterocycles. The molecule has 1 N–H and O–H groups in total. The minimum absolute atomic E-state index is 0.0438. The first kappa shape index (κ1) is 26.7. The van der Waals surface area contributed by atoms with Crippen LogP contribution in [0, 0.1) is 20.2 Å². The number of benzene rings is 2. The van der Waals surface area contributed by atoms with E-state index in [-0.39, 0.29) is 29.4 Å². The third kappa shape index (κ3) is 6.18. The number of nitro benzene ring substituents is 2. The molecule has 0 bridgehead atoms. The van der Waals surface area contributed by atoms with E-state index >= 15 is 0 Å². The van der Waals surface area contributed by atoms with Crippen LogP contribution in [0.15, 0.2) is 74.9 Å². The van der Waals surface area contributed by atoms with Gasteiger partial charge in [0.05, 0.1) is 25.9 Å². The van der Waals surface area contributed by atoms with Crippen molar-refractivity contribution in [2.24, 2.45) is 5.10 Å². The SMILES string of the molecule is CCN(CC)S(=O)(=O)c1ccc(N/N=C/c2ccc(Sc3ncccn3)c([N+](=O)[O-])c2)c([N+](=O)[O-])c1.